The van der Waals surface area contributed by atoms with E-state index in [0.29, 0.717) is 12.2 Å². The summed E-state index contributed by atoms with van der Waals surface area (Å²) in [5.74, 6) is -0.257. The summed E-state index contributed by atoms with van der Waals surface area (Å²) < 4.78 is 0. The predicted molar refractivity (Wildman–Crippen MR) is 82.5 cm³/mol. The van der Waals surface area contributed by atoms with E-state index in [1.165, 1.54) is 0 Å². The van der Waals surface area contributed by atoms with Crippen LogP contribution in [0, 0.1) is 6.92 Å². The van der Waals surface area contributed by atoms with Crippen molar-refractivity contribution < 1.29 is 9.90 Å². The van der Waals surface area contributed by atoms with Gasteiger partial charge < -0.3 is 15.7 Å². The summed E-state index contributed by atoms with van der Waals surface area (Å²) in [5.41, 5.74) is 4.23. The second-order valence-electron chi connectivity index (χ2n) is 5.60. The van der Waals surface area contributed by atoms with Crippen molar-refractivity contribution in [2.45, 2.75) is 26.0 Å². The minimum absolute atomic E-state index is 0.164. The molecule has 1 aliphatic heterocycles. The average molecular weight is 300 g/mol. The van der Waals surface area contributed by atoms with Gasteiger partial charge in [0.05, 0.1) is 6.10 Å². The molecule has 2 heterocycles. The number of aromatic nitrogens is 2. The molecular formula is C16H20N4O2. The maximum atomic E-state index is 12.2. The second kappa shape index (κ2) is 6.29. The SMILES string of the molecule is Cc1cccc(C(O)CNC(=O)c2n[nH]c3c2CNCC3)c1. The number of benzene rings is 1. The molecule has 1 aromatic heterocycles. The number of hydrogen-bond acceptors (Lipinski definition) is 4. The second-order valence-corrected chi connectivity index (χ2v) is 5.60. The first kappa shape index (κ1) is 14.7. The van der Waals surface area contributed by atoms with E-state index in [2.05, 4.69) is 20.8 Å². The van der Waals surface area contributed by atoms with Crippen molar-refractivity contribution in [3.63, 3.8) is 0 Å². The standard InChI is InChI=1S/C16H20N4O2/c1-10-3-2-4-11(7-10)14(21)9-18-16(22)15-12-8-17-6-5-13(12)19-20-15/h2-4,7,14,17,21H,5-6,8-9H2,1H3,(H,18,22)(H,19,20). The zero-order valence-corrected chi connectivity index (χ0v) is 12.5. The Kier molecular flexibility index (Phi) is 4.22. The highest BCUT2D eigenvalue weighted by molar-refractivity contribution is 5.94. The highest BCUT2D eigenvalue weighted by atomic mass is 16.3. The first-order valence-corrected chi connectivity index (χ1v) is 7.45. The number of carbonyl (C=O) groups is 1. The number of aliphatic hydroxyl groups excluding tert-OH is 1. The van der Waals surface area contributed by atoms with Crippen molar-refractivity contribution in [3.8, 4) is 0 Å². The number of aryl methyl sites for hydroxylation is 1. The molecule has 1 aliphatic rings. The quantitative estimate of drug-likeness (QED) is 0.673. The van der Waals surface area contributed by atoms with Gasteiger partial charge in [-0.2, -0.15) is 5.10 Å². The van der Waals surface area contributed by atoms with Gasteiger partial charge in [-0.1, -0.05) is 29.8 Å². The number of carbonyl (C=O) groups excluding carboxylic acids is 1. The molecule has 116 valence electrons. The number of aromatic amines is 1. The molecule has 6 heteroatoms. The summed E-state index contributed by atoms with van der Waals surface area (Å²) in [6.45, 7) is 3.67. The summed E-state index contributed by atoms with van der Waals surface area (Å²) in [5, 5.41) is 23.2. The lowest BCUT2D eigenvalue weighted by molar-refractivity contribution is 0.0910. The zero-order valence-electron chi connectivity index (χ0n) is 12.5. The van der Waals surface area contributed by atoms with Gasteiger partial charge in [-0.05, 0) is 12.5 Å². The Morgan fingerprint density at radius 2 is 2.36 bits per heavy atom. The third-order valence-electron chi connectivity index (χ3n) is 3.90. The molecule has 2 aromatic rings. The molecule has 1 unspecified atom stereocenters. The smallest absolute Gasteiger partial charge is 0.272 e. The molecule has 0 spiro atoms. The van der Waals surface area contributed by atoms with Crippen LogP contribution >= 0.6 is 0 Å². The summed E-state index contributed by atoms with van der Waals surface area (Å²) >= 11 is 0. The molecule has 1 amide bonds. The largest absolute Gasteiger partial charge is 0.387 e. The predicted octanol–water partition coefficient (Wildman–Crippen LogP) is 0.827. The summed E-state index contributed by atoms with van der Waals surface area (Å²) in [4.78, 5) is 12.2. The molecule has 0 saturated heterocycles. The molecule has 0 radical (unpaired) electrons. The van der Waals surface area contributed by atoms with Crippen LogP contribution in [-0.4, -0.2) is 34.3 Å². The van der Waals surface area contributed by atoms with Gasteiger partial charge in [0, 0.05) is 37.3 Å². The maximum absolute atomic E-state index is 12.2. The minimum Gasteiger partial charge on any atom is -0.387 e. The number of fused-ring (bicyclic) bond motifs is 1. The fourth-order valence-electron chi connectivity index (χ4n) is 2.68. The van der Waals surface area contributed by atoms with Gasteiger partial charge >= 0.3 is 0 Å². The lowest BCUT2D eigenvalue weighted by Crippen LogP contribution is -2.31. The van der Waals surface area contributed by atoms with Crippen molar-refractivity contribution in [1.29, 1.82) is 0 Å². The van der Waals surface area contributed by atoms with E-state index in [-0.39, 0.29) is 12.5 Å². The fourth-order valence-corrected chi connectivity index (χ4v) is 2.68. The number of aliphatic hydroxyl groups is 1. The van der Waals surface area contributed by atoms with Crippen LogP contribution in [0.2, 0.25) is 0 Å². The molecule has 0 bridgehead atoms. The Morgan fingerprint density at radius 3 is 3.18 bits per heavy atom. The number of H-pyrrole nitrogens is 1. The molecule has 22 heavy (non-hydrogen) atoms. The van der Waals surface area contributed by atoms with Crippen molar-refractivity contribution in [3.05, 3.63) is 52.3 Å². The van der Waals surface area contributed by atoms with E-state index in [4.69, 9.17) is 0 Å². The number of amides is 1. The molecule has 0 fully saturated rings. The third-order valence-corrected chi connectivity index (χ3v) is 3.90. The van der Waals surface area contributed by atoms with Gasteiger partial charge in [0.2, 0.25) is 0 Å². The van der Waals surface area contributed by atoms with E-state index in [1.54, 1.807) is 0 Å². The van der Waals surface area contributed by atoms with Gasteiger partial charge in [0.15, 0.2) is 5.69 Å². The number of hydrogen-bond donors (Lipinski definition) is 4. The van der Waals surface area contributed by atoms with Gasteiger partial charge in [-0.25, -0.2) is 0 Å². The van der Waals surface area contributed by atoms with Gasteiger partial charge in [0.25, 0.3) is 5.91 Å². The van der Waals surface area contributed by atoms with Gasteiger partial charge in [-0.3, -0.25) is 9.89 Å². The van der Waals surface area contributed by atoms with E-state index in [1.807, 2.05) is 31.2 Å². The van der Waals surface area contributed by atoms with Crippen molar-refractivity contribution >= 4 is 5.91 Å². The lowest BCUT2D eigenvalue weighted by atomic mass is 10.1. The molecule has 6 nitrogen and oxygen atoms in total. The molecule has 0 aliphatic carbocycles. The van der Waals surface area contributed by atoms with Crippen molar-refractivity contribution in [2.24, 2.45) is 0 Å². The highest BCUT2D eigenvalue weighted by Crippen LogP contribution is 2.16. The van der Waals surface area contributed by atoms with Gasteiger partial charge in [-0.15, -0.1) is 0 Å². The summed E-state index contributed by atoms with van der Waals surface area (Å²) in [6, 6.07) is 7.63. The van der Waals surface area contributed by atoms with Crippen LogP contribution in [0.25, 0.3) is 0 Å². The van der Waals surface area contributed by atoms with Crippen LogP contribution in [0.5, 0.6) is 0 Å². The Morgan fingerprint density at radius 1 is 1.50 bits per heavy atom. The van der Waals surface area contributed by atoms with Crippen LogP contribution in [-0.2, 0) is 13.0 Å². The highest BCUT2D eigenvalue weighted by Gasteiger charge is 2.21. The molecule has 1 aromatic carbocycles. The Hall–Kier alpha value is -2.18. The zero-order chi connectivity index (χ0) is 15.5. The lowest BCUT2D eigenvalue weighted by Gasteiger charge is -2.14. The van der Waals surface area contributed by atoms with Crippen LogP contribution < -0.4 is 10.6 Å². The molecule has 0 saturated carbocycles. The van der Waals surface area contributed by atoms with Crippen LogP contribution in [0.3, 0.4) is 0 Å². The molecule has 3 rings (SSSR count). The minimum atomic E-state index is -0.725. The number of nitrogens with one attached hydrogen (secondary N) is 3. The molecular weight excluding hydrogens is 280 g/mol. The number of nitrogens with zero attached hydrogens (tertiary/aromatic N) is 1. The Balaban J connectivity index is 1.64. The normalized spacial score (nSPS) is 15.2. The Bertz CT molecular complexity index is 681. The monoisotopic (exact) mass is 300 g/mol. The first-order valence-electron chi connectivity index (χ1n) is 7.45. The Labute approximate surface area is 128 Å². The molecule has 1 atom stereocenters. The van der Waals surface area contributed by atoms with E-state index in [0.717, 1.165) is 35.3 Å². The summed E-state index contributed by atoms with van der Waals surface area (Å²) in [7, 11) is 0. The number of rotatable bonds is 4. The van der Waals surface area contributed by atoms with Crippen LogP contribution in [0.4, 0.5) is 0 Å². The van der Waals surface area contributed by atoms with E-state index in [9.17, 15) is 9.90 Å². The third kappa shape index (κ3) is 3.03. The summed E-state index contributed by atoms with van der Waals surface area (Å²) in [6.07, 6.45) is 0.124. The van der Waals surface area contributed by atoms with Crippen molar-refractivity contribution in [1.82, 2.24) is 20.8 Å². The fraction of sp³-hybridized carbons (Fsp3) is 0.375. The van der Waals surface area contributed by atoms with Crippen LogP contribution in [0.15, 0.2) is 24.3 Å². The first-order chi connectivity index (χ1) is 10.6. The molecule has 4 N–H and O–H groups in total. The van der Waals surface area contributed by atoms with Crippen LogP contribution in [0.1, 0.15) is 39.0 Å². The van der Waals surface area contributed by atoms with E-state index >= 15 is 0 Å². The van der Waals surface area contributed by atoms with Gasteiger partial charge in [0.1, 0.15) is 0 Å². The maximum Gasteiger partial charge on any atom is 0.272 e. The topological polar surface area (TPSA) is 90.0 Å². The average Bonchev–Trinajstić information content (AvgIpc) is 2.96. The van der Waals surface area contributed by atoms with Crippen molar-refractivity contribution in [2.75, 3.05) is 13.1 Å². The van der Waals surface area contributed by atoms with E-state index < -0.39 is 6.10 Å².